The van der Waals surface area contributed by atoms with Crippen LogP contribution in [-0.4, -0.2) is 21.6 Å². The number of hydrogen-bond acceptors (Lipinski definition) is 3. The van der Waals surface area contributed by atoms with Gasteiger partial charge in [0.15, 0.2) is 0 Å². The number of aliphatic carboxylic acids is 1. The molecule has 0 fully saturated rings. The van der Waals surface area contributed by atoms with E-state index in [2.05, 4.69) is 4.98 Å². The van der Waals surface area contributed by atoms with Gasteiger partial charge in [-0.3, -0.25) is 4.79 Å². The van der Waals surface area contributed by atoms with Crippen LogP contribution >= 0.6 is 0 Å². The van der Waals surface area contributed by atoms with E-state index in [1.807, 2.05) is 0 Å². The highest BCUT2D eigenvalue weighted by molar-refractivity contribution is 5.78. The second-order valence-corrected chi connectivity index (χ2v) is 3.35. The maximum atomic E-state index is 12.6. The van der Waals surface area contributed by atoms with Gasteiger partial charge in [0.05, 0.1) is 0 Å². The third kappa shape index (κ3) is 2.50. The molecule has 0 radical (unpaired) electrons. The van der Waals surface area contributed by atoms with Crippen molar-refractivity contribution in [2.45, 2.75) is 18.9 Å². The molecular weight excluding hydrogens is 187 g/mol. The maximum absolute atomic E-state index is 12.6. The Balaban J connectivity index is 2.83. The summed E-state index contributed by atoms with van der Waals surface area (Å²) in [5.41, 5.74) is 4.39. The van der Waals surface area contributed by atoms with Gasteiger partial charge in [-0.15, -0.1) is 0 Å². The molecule has 1 rings (SSSR count). The van der Waals surface area contributed by atoms with Crippen molar-refractivity contribution >= 4 is 5.97 Å². The average molecular weight is 198 g/mol. The van der Waals surface area contributed by atoms with Crippen LogP contribution in [-0.2, 0) is 11.2 Å². The van der Waals surface area contributed by atoms with Gasteiger partial charge in [0.25, 0.3) is 0 Å². The van der Waals surface area contributed by atoms with Gasteiger partial charge in [0.2, 0.25) is 5.95 Å². The monoisotopic (exact) mass is 198 g/mol. The number of rotatable bonds is 3. The molecule has 0 aliphatic heterocycles. The Labute approximate surface area is 80.6 Å². The molecule has 1 aromatic heterocycles. The lowest BCUT2D eigenvalue weighted by atomic mass is 9.97. The Morgan fingerprint density at radius 3 is 2.86 bits per heavy atom. The van der Waals surface area contributed by atoms with Crippen molar-refractivity contribution in [1.29, 1.82) is 0 Å². The predicted octanol–water partition coefficient (Wildman–Crippen LogP) is 0.565. The standard InChI is InChI=1S/C9H11FN2O2/c1-9(11,8(13)14)5-6-3-2-4-7(10)12-6/h2-4H,5,11H2,1H3,(H,13,14). The number of carbonyl (C=O) groups is 1. The zero-order chi connectivity index (χ0) is 10.8. The molecule has 0 saturated heterocycles. The predicted molar refractivity (Wildman–Crippen MR) is 48.1 cm³/mol. The zero-order valence-corrected chi connectivity index (χ0v) is 7.70. The zero-order valence-electron chi connectivity index (χ0n) is 7.70. The van der Waals surface area contributed by atoms with E-state index in [0.29, 0.717) is 5.69 Å². The summed E-state index contributed by atoms with van der Waals surface area (Å²) in [7, 11) is 0. The molecule has 3 N–H and O–H groups in total. The fourth-order valence-electron chi connectivity index (χ4n) is 1.00. The minimum atomic E-state index is -1.42. The van der Waals surface area contributed by atoms with Crippen LogP contribution in [0, 0.1) is 5.95 Å². The van der Waals surface area contributed by atoms with Crippen molar-refractivity contribution in [2.75, 3.05) is 0 Å². The molecule has 0 spiro atoms. The van der Waals surface area contributed by atoms with Gasteiger partial charge in [0.1, 0.15) is 5.54 Å². The molecular formula is C9H11FN2O2. The molecule has 0 aliphatic carbocycles. The van der Waals surface area contributed by atoms with Crippen molar-refractivity contribution in [3.8, 4) is 0 Å². The highest BCUT2D eigenvalue weighted by atomic mass is 19.1. The van der Waals surface area contributed by atoms with E-state index in [1.54, 1.807) is 0 Å². The van der Waals surface area contributed by atoms with Crippen LogP contribution in [0.15, 0.2) is 18.2 Å². The molecule has 0 amide bonds. The van der Waals surface area contributed by atoms with Gasteiger partial charge >= 0.3 is 5.97 Å². The van der Waals surface area contributed by atoms with Crippen molar-refractivity contribution in [3.05, 3.63) is 29.8 Å². The fraction of sp³-hybridized carbons (Fsp3) is 0.333. The van der Waals surface area contributed by atoms with Gasteiger partial charge in [-0.25, -0.2) is 4.98 Å². The van der Waals surface area contributed by atoms with Gasteiger partial charge in [0, 0.05) is 12.1 Å². The summed E-state index contributed by atoms with van der Waals surface area (Å²) in [6.07, 6.45) is 0.0000926. The lowest BCUT2D eigenvalue weighted by Crippen LogP contribution is -2.47. The number of carboxylic acids is 1. The average Bonchev–Trinajstić information content (AvgIpc) is 2.02. The molecule has 1 atom stereocenters. The Bertz CT molecular complexity index is 352. The van der Waals surface area contributed by atoms with Crippen LogP contribution in [0.3, 0.4) is 0 Å². The molecule has 1 heterocycles. The molecule has 0 aromatic carbocycles. The third-order valence-corrected chi connectivity index (χ3v) is 1.81. The van der Waals surface area contributed by atoms with E-state index in [-0.39, 0.29) is 6.42 Å². The number of pyridine rings is 1. The number of aromatic nitrogens is 1. The molecule has 14 heavy (non-hydrogen) atoms. The molecule has 4 nitrogen and oxygen atoms in total. The van der Waals surface area contributed by atoms with E-state index in [9.17, 15) is 9.18 Å². The summed E-state index contributed by atoms with van der Waals surface area (Å²) < 4.78 is 12.6. The largest absolute Gasteiger partial charge is 0.480 e. The van der Waals surface area contributed by atoms with E-state index in [0.717, 1.165) is 0 Å². The first-order chi connectivity index (χ1) is 6.42. The topological polar surface area (TPSA) is 76.2 Å². The summed E-state index contributed by atoms with van der Waals surface area (Å²) in [5, 5.41) is 8.73. The van der Waals surface area contributed by atoms with Gasteiger partial charge in [-0.1, -0.05) is 6.07 Å². The summed E-state index contributed by atoms with van der Waals surface area (Å²) in [5.74, 6) is -1.77. The van der Waals surface area contributed by atoms with E-state index in [1.165, 1.54) is 25.1 Å². The number of hydrogen-bond donors (Lipinski definition) is 2. The Hall–Kier alpha value is -1.49. The SMILES string of the molecule is CC(N)(Cc1cccc(F)n1)C(=O)O. The first-order valence-electron chi connectivity index (χ1n) is 4.05. The van der Waals surface area contributed by atoms with Crippen molar-refractivity contribution < 1.29 is 14.3 Å². The fourth-order valence-corrected chi connectivity index (χ4v) is 1.00. The number of halogens is 1. The highest BCUT2D eigenvalue weighted by Crippen LogP contribution is 2.09. The molecule has 5 heteroatoms. The minimum absolute atomic E-state index is 0.0000926. The van der Waals surface area contributed by atoms with Crippen molar-refractivity contribution in [3.63, 3.8) is 0 Å². The van der Waals surface area contributed by atoms with Crippen molar-refractivity contribution in [1.82, 2.24) is 4.98 Å². The van der Waals surface area contributed by atoms with E-state index in [4.69, 9.17) is 10.8 Å². The quantitative estimate of drug-likeness (QED) is 0.696. The van der Waals surface area contributed by atoms with Gasteiger partial charge in [-0.05, 0) is 19.1 Å². The lowest BCUT2D eigenvalue weighted by Gasteiger charge is -2.18. The van der Waals surface area contributed by atoms with Crippen molar-refractivity contribution in [2.24, 2.45) is 5.73 Å². The first kappa shape index (κ1) is 10.6. The lowest BCUT2D eigenvalue weighted by molar-refractivity contribution is -0.142. The van der Waals surface area contributed by atoms with Gasteiger partial charge < -0.3 is 10.8 Å². The smallest absolute Gasteiger partial charge is 0.323 e. The van der Waals surface area contributed by atoms with E-state index >= 15 is 0 Å². The Morgan fingerprint density at radius 1 is 1.71 bits per heavy atom. The second-order valence-electron chi connectivity index (χ2n) is 3.35. The first-order valence-corrected chi connectivity index (χ1v) is 4.05. The van der Waals surface area contributed by atoms with Gasteiger partial charge in [-0.2, -0.15) is 4.39 Å². The van der Waals surface area contributed by atoms with Crippen LogP contribution in [0.1, 0.15) is 12.6 Å². The molecule has 0 saturated carbocycles. The minimum Gasteiger partial charge on any atom is -0.480 e. The summed E-state index contributed by atoms with van der Waals surface area (Å²) >= 11 is 0. The second kappa shape index (κ2) is 3.71. The third-order valence-electron chi connectivity index (χ3n) is 1.81. The number of nitrogens with zero attached hydrogens (tertiary/aromatic N) is 1. The molecule has 1 unspecified atom stereocenters. The Morgan fingerprint density at radius 2 is 2.36 bits per heavy atom. The molecule has 0 bridgehead atoms. The van der Waals surface area contributed by atoms with Crippen LogP contribution in [0.25, 0.3) is 0 Å². The molecule has 0 aliphatic rings. The van der Waals surface area contributed by atoms with Crippen LogP contribution < -0.4 is 5.73 Å². The highest BCUT2D eigenvalue weighted by Gasteiger charge is 2.28. The van der Waals surface area contributed by atoms with Crippen LogP contribution in [0.4, 0.5) is 4.39 Å². The maximum Gasteiger partial charge on any atom is 0.323 e. The summed E-state index contributed by atoms with van der Waals surface area (Å²) in [6, 6.07) is 4.20. The number of carboxylic acid groups (broad SMARTS) is 1. The summed E-state index contributed by atoms with van der Waals surface area (Å²) in [4.78, 5) is 14.2. The Kier molecular flexibility index (Phi) is 2.81. The normalized spacial score (nSPS) is 14.8. The molecule has 76 valence electrons. The molecule has 1 aromatic rings. The number of nitrogens with two attached hydrogens (primary N) is 1. The van der Waals surface area contributed by atoms with Crippen LogP contribution in [0.5, 0.6) is 0 Å². The summed E-state index contributed by atoms with van der Waals surface area (Å²) in [6.45, 7) is 1.36. The van der Waals surface area contributed by atoms with E-state index < -0.39 is 17.5 Å². The van der Waals surface area contributed by atoms with Crippen LogP contribution in [0.2, 0.25) is 0 Å².